The van der Waals surface area contributed by atoms with Crippen molar-refractivity contribution in [2.24, 2.45) is 0 Å². The Balaban J connectivity index is 2.05. The van der Waals surface area contributed by atoms with Gasteiger partial charge in [-0.2, -0.15) is 0 Å². The van der Waals surface area contributed by atoms with E-state index in [-0.39, 0.29) is 17.8 Å². The fraction of sp³-hybridized carbons (Fsp3) is 0.704. The number of carbonyl (C=O) groups excluding carboxylic acids is 1. The maximum atomic E-state index is 11.9. The molecule has 1 aromatic rings. The van der Waals surface area contributed by atoms with Crippen molar-refractivity contribution in [3.8, 4) is 5.75 Å². The summed E-state index contributed by atoms with van der Waals surface area (Å²) in [6, 6.07) is 1.47. The molecule has 31 heavy (non-hydrogen) atoms. The molecule has 0 aromatic carbocycles. The molecule has 0 radical (unpaired) electrons. The van der Waals surface area contributed by atoms with Gasteiger partial charge in [-0.1, -0.05) is 116 Å². The van der Waals surface area contributed by atoms with Gasteiger partial charge in [0, 0.05) is 18.8 Å². The number of rotatable bonds is 21. The second kappa shape index (κ2) is 18.9. The third kappa shape index (κ3) is 12.6. The predicted molar refractivity (Wildman–Crippen MR) is 131 cm³/mol. The van der Waals surface area contributed by atoms with Crippen LogP contribution in [0.25, 0.3) is 0 Å². The van der Waals surface area contributed by atoms with E-state index in [0.29, 0.717) is 12.0 Å². The Labute approximate surface area is 190 Å². The van der Waals surface area contributed by atoms with Crippen LogP contribution in [0.1, 0.15) is 120 Å². The summed E-state index contributed by atoms with van der Waals surface area (Å²) in [5.41, 5.74) is 0.0717. The minimum absolute atomic E-state index is 0.133. The molecular weight excluding hydrogens is 386 g/mol. The highest BCUT2D eigenvalue weighted by Gasteiger charge is 2.11. The number of unbranched alkanes of at least 4 members (excludes halogenated alkanes) is 15. The largest absolute Gasteiger partial charge is 0.483 e. The lowest BCUT2D eigenvalue weighted by molar-refractivity contribution is 0.111. The number of pyridine rings is 1. The normalized spacial score (nSPS) is 10.9. The van der Waals surface area contributed by atoms with Crippen molar-refractivity contribution in [3.63, 3.8) is 0 Å². The molecule has 4 heteroatoms. The minimum atomic E-state index is -0.257. The smallest absolute Gasteiger partial charge is 0.224 e. The average molecular weight is 432 g/mol. The van der Waals surface area contributed by atoms with Crippen molar-refractivity contribution in [2.75, 3.05) is 6.61 Å². The summed E-state index contributed by atoms with van der Waals surface area (Å²) in [5.74, 6) is 0.133. The Kier molecular flexibility index (Phi) is 16.6. The monoisotopic (exact) mass is 431 g/mol. The van der Waals surface area contributed by atoms with Gasteiger partial charge in [-0.15, -0.1) is 0 Å². The summed E-state index contributed by atoms with van der Waals surface area (Å²) in [5, 5.41) is 0. The van der Waals surface area contributed by atoms with Crippen molar-refractivity contribution >= 4 is 6.29 Å². The van der Waals surface area contributed by atoms with E-state index in [4.69, 9.17) is 4.74 Å². The molecule has 0 saturated carbocycles. The van der Waals surface area contributed by atoms with Gasteiger partial charge in [-0.05, 0) is 6.42 Å². The fourth-order valence-corrected chi connectivity index (χ4v) is 4.00. The number of carbonyl (C=O) groups is 1. The highest BCUT2D eigenvalue weighted by Crippen LogP contribution is 2.15. The van der Waals surface area contributed by atoms with Crippen LogP contribution in [0.5, 0.6) is 5.75 Å². The van der Waals surface area contributed by atoms with Gasteiger partial charge in [-0.25, -0.2) is 0 Å². The minimum Gasteiger partial charge on any atom is -0.483 e. The van der Waals surface area contributed by atoms with Crippen LogP contribution in [0.3, 0.4) is 0 Å². The van der Waals surface area contributed by atoms with E-state index < -0.39 is 0 Å². The molecule has 0 amide bonds. The fourth-order valence-electron chi connectivity index (χ4n) is 4.00. The maximum absolute atomic E-state index is 11.9. The van der Waals surface area contributed by atoms with Crippen LogP contribution in [-0.4, -0.2) is 17.5 Å². The molecule has 0 aliphatic rings. The first-order chi connectivity index (χ1) is 15.2. The lowest BCUT2D eigenvalue weighted by Gasteiger charge is -2.13. The number of aromatic nitrogens is 1. The van der Waals surface area contributed by atoms with E-state index in [0.717, 1.165) is 19.4 Å². The molecule has 0 fully saturated rings. The van der Waals surface area contributed by atoms with Crippen LogP contribution in [0, 0.1) is 0 Å². The van der Waals surface area contributed by atoms with Crippen LogP contribution >= 0.6 is 0 Å². The Morgan fingerprint density at radius 3 is 1.77 bits per heavy atom. The van der Waals surface area contributed by atoms with Crippen molar-refractivity contribution in [3.05, 3.63) is 40.8 Å². The topological polar surface area (TPSA) is 48.3 Å². The summed E-state index contributed by atoms with van der Waals surface area (Å²) in [4.78, 5) is 23.4. The number of aldehydes is 1. The standard InChI is InChI=1S/C27H45NO3/c1-3-5-6-7-8-9-10-11-12-13-14-15-16-17-18-19-21-28-22-20-26(30)27(25(28)24-29)31-23-4-2/h4,20,22,24H,2-3,5-19,21,23H2,1H3. The summed E-state index contributed by atoms with van der Waals surface area (Å²) >= 11 is 0. The number of aryl methyl sites for hydroxylation is 1. The lowest BCUT2D eigenvalue weighted by Crippen LogP contribution is -2.17. The van der Waals surface area contributed by atoms with Crippen molar-refractivity contribution in [1.82, 2.24) is 4.57 Å². The lowest BCUT2D eigenvalue weighted by atomic mass is 10.0. The van der Waals surface area contributed by atoms with Gasteiger partial charge in [0.15, 0.2) is 12.0 Å². The molecule has 0 bridgehead atoms. The highest BCUT2D eigenvalue weighted by atomic mass is 16.5. The molecular formula is C27H45NO3. The molecule has 0 N–H and O–H groups in total. The van der Waals surface area contributed by atoms with Gasteiger partial charge in [0.25, 0.3) is 0 Å². The number of ether oxygens (including phenoxy) is 1. The molecule has 176 valence electrons. The Bertz CT molecular complexity index is 650. The van der Waals surface area contributed by atoms with E-state index in [1.165, 1.54) is 96.0 Å². The second-order valence-corrected chi connectivity index (χ2v) is 8.61. The third-order valence-corrected chi connectivity index (χ3v) is 5.88. The predicted octanol–water partition coefficient (Wildman–Crippen LogP) is 7.49. The number of nitrogens with zero attached hydrogens (tertiary/aromatic N) is 1. The van der Waals surface area contributed by atoms with Crippen molar-refractivity contribution < 1.29 is 9.53 Å². The molecule has 0 spiro atoms. The first-order valence-corrected chi connectivity index (χ1v) is 12.7. The van der Waals surface area contributed by atoms with Crippen molar-refractivity contribution in [1.29, 1.82) is 0 Å². The molecule has 0 unspecified atom stereocenters. The molecule has 4 nitrogen and oxygen atoms in total. The van der Waals surface area contributed by atoms with Crippen LogP contribution in [0.2, 0.25) is 0 Å². The first-order valence-electron chi connectivity index (χ1n) is 12.7. The van der Waals surface area contributed by atoms with Gasteiger partial charge < -0.3 is 9.30 Å². The molecule has 1 rings (SSSR count). The van der Waals surface area contributed by atoms with Gasteiger partial charge in [0.05, 0.1) is 0 Å². The Morgan fingerprint density at radius 2 is 1.32 bits per heavy atom. The Morgan fingerprint density at radius 1 is 0.839 bits per heavy atom. The van der Waals surface area contributed by atoms with E-state index in [1.54, 1.807) is 12.3 Å². The Hall–Kier alpha value is -1.84. The van der Waals surface area contributed by atoms with Gasteiger partial charge in [-0.3, -0.25) is 9.59 Å². The molecule has 0 aliphatic carbocycles. The van der Waals surface area contributed by atoms with Crippen molar-refractivity contribution in [2.45, 2.75) is 116 Å². The van der Waals surface area contributed by atoms with Gasteiger partial charge in [0.2, 0.25) is 5.43 Å². The van der Waals surface area contributed by atoms with E-state index in [2.05, 4.69) is 13.5 Å². The van der Waals surface area contributed by atoms with Crippen LogP contribution in [0.4, 0.5) is 0 Å². The summed E-state index contributed by atoms with van der Waals surface area (Å²) in [6.45, 7) is 6.81. The second-order valence-electron chi connectivity index (χ2n) is 8.61. The molecule has 0 aliphatic heterocycles. The van der Waals surface area contributed by atoms with Crippen LogP contribution in [0.15, 0.2) is 29.7 Å². The van der Waals surface area contributed by atoms with Gasteiger partial charge >= 0.3 is 0 Å². The third-order valence-electron chi connectivity index (χ3n) is 5.88. The number of hydrogen-bond donors (Lipinski definition) is 0. The maximum Gasteiger partial charge on any atom is 0.224 e. The number of hydrogen-bond acceptors (Lipinski definition) is 3. The van der Waals surface area contributed by atoms with Gasteiger partial charge in [0.1, 0.15) is 12.3 Å². The van der Waals surface area contributed by atoms with Crippen LogP contribution in [-0.2, 0) is 6.54 Å². The summed E-state index contributed by atoms with van der Waals surface area (Å²) in [7, 11) is 0. The average Bonchev–Trinajstić information content (AvgIpc) is 2.78. The SMILES string of the molecule is C=CCOc1c(C=O)n(CCCCCCCCCCCCCCCCCC)ccc1=O. The zero-order valence-electron chi connectivity index (χ0n) is 19.9. The molecule has 0 atom stereocenters. The molecule has 0 saturated heterocycles. The van der Waals surface area contributed by atoms with E-state index >= 15 is 0 Å². The zero-order chi connectivity index (χ0) is 22.6. The zero-order valence-corrected chi connectivity index (χ0v) is 19.9. The van der Waals surface area contributed by atoms with E-state index in [1.807, 2.05) is 4.57 Å². The highest BCUT2D eigenvalue weighted by molar-refractivity contribution is 5.76. The molecule has 1 aromatic heterocycles. The first kappa shape index (κ1) is 27.2. The van der Waals surface area contributed by atoms with E-state index in [9.17, 15) is 9.59 Å². The summed E-state index contributed by atoms with van der Waals surface area (Å²) in [6.07, 6.45) is 25.4. The molecule has 1 heterocycles. The van der Waals surface area contributed by atoms with Crippen LogP contribution < -0.4 is 10.2 Å². The quantitative estimate of drug-likeness (QED) is 0.115. The summed E-state index contributed by atoms with van der Waals surface area (Å²) < 4.78 is 7.23.